The number of alkyl halides is 3. The van der Waals surface area contributed by atoms with Crippen LogP contribution in [0.2, 0.25) is 0 Å². The maximum atomic E-state index is 14.0. The number of hydrogen-bond acceptors (Lipinski definition) is 4. The van der Waals surface area contributed by atoms with Crippen LogP contribution in [0.15, 0.2) is 42.7 Å². The van der Waals surface area contributed by atoms with Gasteiger partial charge in [0.05, 0.1) is 6.07 Å². The van der Waals surface area contributed by atoms with Crippen LogP contribution in [0.25, 0.3) is 23.0 Å². The minimum Gasteiger partial charge on any atom is -0.206 e. The normalized spacial score (nSPS) is 18.7. The van der Waals surface area contributed by atoms with Crippen LogP contribution in [0.3, 0.4) is 0 Å². The van der Waals surface area contributed by atoms with E-state index in [0.29, 0.717) is 17.3 Å². The van der Waals surface area contributed by atoms with Crippen LogP contribution in [0.4, 0.5) is 17.6 Å². The van der Waals surface area contributed by atoms with E-state index in [1.54, 1.807) is 40.5 Å². The highest BCUT2D eigenvalue weighted by Crippen LogP contribution is 2.37. The van der Waals surface area contributed by atoms with Gasteiger partial charge >= 0.3 is 12.1 Å². The van der Waals surface area contributed by atoms with Gasteiger partial charge in [-0.2, -0.15) is 18.2 Å². The summed E-state index contributed by atoms with van der Waals surface area (Å²) in [6.07, 6.45) is -1.64. The molecule has 0 amide bonds. The van der Waals surface area contributed by atoms with Crippen molar-refractivity contribution >= 4 is 0 Å². The highest BCUT2D eigenvalue weighted by Gasteiger charge is 2.71. The Kier molecular flexibility index (Phi) is 2.71. The molecule has 2 aliphatic heterocycles. The van der Waals surface area contributed by atoms with Gasteiger partial charge in [-0.05, 0) is 13.0 Å². The van der Waals surface area contributed by atoms with Crippen LogP contribution < -0.4 is 9.13 Å². The van der Waals surface area contributed by atoms with Crippen LogP contribution >= 0.6 is 0 Å². The minimum atomic E-state index is -4.76. The first-order chi connectivity index (χ1) is 13.8. The SMILES string of the molecule is Cc1nc2n(n1)C1(n3nc(C(F)(F)F)nc3-c3cc(F)cc[n+]31)[n+]1ccccc1-2. The van der Waals surface area contributed by atoms with E-state index in [2.05, 4.69) is 20.2 Å². The molecule has 29 heavy (non-hydrogen) atoms. The standard InChI is InChI=1S/C17H10F4N8/c1-9-22-13-11-4-2-3-6-26(11)17(28(13)24-9)27-7-5-10(18)8-12(27)14-23-15(16(19,20)21)25-29(14)17/h2-8H,1H3/q+2. The summed E-state index contributed by atoms with van der Waals surface area (Å²) in [6.45, 7) is 1.68. The van der Waals surface area contributed by atoms with Gasteiger partial charge in [0.15, 0.2) is 12.4 Å². The minimum absolute atomic E-state index is 0.125. The Hall–Kier alpha value is -3.70. The largest absolute Gasteiger partial charge is 0.586 e. The molecule has 2 aliphatic rings. The molecule has 0 fully saturated rings. The van der Waals surface area contributed by atoms with Crippen molar-refractivity contribution in [2.45, 2.75) is 19.0 Å². The number of rotatable bonds is 0. The average molecular weight is 402 g/mol. The molecule has 0 N–H and O–H groups in total. The third-order valence-corrected chi connectivity index (χ3v) is 5.02. The van der Waals surface area contributed by atoms with Crippen molar-refractivity contribution in [1.82, 2.24) is 29.5 Å². The summed E-state index contributed by atoms with van der Waals surface area (Å²) in [5.74, 6) is -2.69. The molecule has 6 heterocycles. The van der Waals surface area contributed by atoms with E-state index in [9.17, 15) is 17.6 Å². The van der Waals surface area contributed by atoms with Crippen LogP contribution in [0.5, 0.6) is 0 Å². The fraction of sp³-hybridized carbons (Fsp3) is 0.176. The van der Waals surface area contributed by atoms with Crippen molar-refractivity contribution in [3.63, 3.8) is 0 Å². The topological polar surface area (TPSA) is 69.2 Å². The van der Waals surface area contributed by atoms with Gasteiger partial charge in [0.2, 0.25) is 11.6 Å². The number of aromatic nitrogens is 8. The second-order valence-corrected chi connectivity index (χ2v) is 6.72. The summed E-state index contributed by atoms with van der Waals surface area (Å²) >= 11 is 0. The van der Waals surface area contributed by atoms with Gasteiger partial charge < -0.3 is 0 Å². The van der Waals surface area contributed by atoms with E-state index in [1.165, 1.54) is 16.9 Å². The highest BCUT2D eigenvalue weighted by molar-refractivity contribution is 5.52. The van der Waals surface area contributed by atoms with Gasteiger partial charge in [0.25, 0.3) is 17.2 Å². The fourth-order valence-electron chi connectivity index (χ4n) is 4.01. The Bertz CT molecular complexity index is 1340. The number of halogens is 4. The van der Waals surface area contributed by atoms with Crippen LogP contribution in [-0.4, -0.2) is 29.5 Å². The lowest BCUT2D eigenvalue weighted by Gasteiger charge is -2.15. The second-order valence-electron chi connectivity index (χ2n) is 6.72. The molecular weight excluding hydrogens is 392 g/mol. The molecule has 1 atom stereocenters. The van der Waals surface area contributed by atoms with Crippen molar-refractivity contribution in [2.75, 3.05) is 0 Å². The van der Waals surface area contributed by atoms with E-state index in [1.807, 2.05) is 0 Å². The molecule has 4 aromatic heterocycles. The Balaban J connectivity index is 1.81. The molecule has 0 saturated carbocycles. The lowest BCUT2D eigenvalue weighted by Crippen LogP contribution is -2.77. The number of nitrogens with zero attached hydrogens (tertiary/aromatic N) is 8. The van der Waals surface area contributed by atoms with E-state index < -0.39 is 23.7 Å². The van der Waals surface area contributed by atoms with E-state index in [-0.39, 0.29) is 11.5 Å². The van der Waals surface area contributed by atoms with E-state index in [0.717, 1.165) is 10.7 Å². The van der Waals surface area contributed by atoms with Crippen LogP contribution in [0, 0.1) is 12.7 Å². The lowest BCUT2D eigenvalue weighted by molar-refractivity contribution is -0.990. The number of hydrogen-bond donors (Lipinski definition) is 0. The quantitative estimate of drug-likeness (QED) is 0.282. The van der Waals surface area contributed by atoms with Crippen molar-refractivity contribution < 1.29 is 26.7 Å². The summed E-state index contributed by atoms with van der Waals surface area (Å²) in [4.78, 5) is 8.11. The molecule has 4 aromatic rings. The van der Waals surface area contributed by atoms with Crippen molar-refractivity contribution in [2.24, 2.45) is 0 Å². The Morgan fingerprint density at radius 3 is 2.45 bits per heavy atom. The van der Waals surface area contributed by atoms with Gasteiger partial charge in [-0.15, -0.1) is 10.2 Å². The second kappa shape index (κ2) is 4.82. The first-order valence-electron chi connectivity index (χ1n) is 8.54. The summed E-state index contributed by atoms with van der Waals surface area (Å²) in [6, 6.07) is 7.63. The van der Waals surface area contributed by atoms with Gasteiger partial charge in [-0.25, -0.2) is 9.37 Å². The molecule has 6 rings (SSSR count). The maximum Gasteiger partial charge on any atom is 0.586 e. The molecular formula is C17H10F4N8+2. The number of fused-ring (bicyclic) bond motifs is 10. The van der Waals surface area contributed by atoms with Crippen LogP contribution in [-0.2, 0) is 12.1 Å². The van der Waals surface area contributed by atoms with Crippen LogP contribution in [0.1, 0.15) is 11.6 Å². The number of pyridine rings is 2. The predicted molar refractivity (Wildman–Crippen MR) is 85.2 cm³/mol. The van der Waals surface area contributed by atoms with Gasteiger partial charge in [-0.3, -0.25) is 0 Å². The van der Waals surface area contributed by atoms with Crippen molar-refractivity contribution in [3.8, 4) is 23.0 Å². The molecule has 0 bridgehead atoms. The summed E-state index contributed by atoms with van der Waals surface area (Å²) in [5.41, 5.74) is 0.754. The van der Waals surface area contributed by atoms with E-state index in [4.69, 9.17) is 0 Å². The van der Waals surface area contributed by atoms with Crippen molar-refractivity contribution in [1.29, 1.82) is 0 Å². The van der Waals surface area contributed by atoms with Gasteiger partial charge in [0, 0.05) is 18.2 Å². The summed E-state index contributed by atoms with van der Waals surface area (Å²) in [7, 11) is 0. The molecule has 0 radical (unpaired) electrons. The lowest BCUT2D eigenvalue weighted by atomic mass is 10.3. The third kappa shape index (κ3) is 1.78. The molecule has 1 unspecified atom stereocenters. The molecule has 144 valence electrons. The Labute approximate surface area is 159 Å². The smallest absolute Gasteiger partial charge is 0.206 e. The summed E-state index contributed by atoms with van der Waals surface area (Å²) < 4.78 is 60.1. The first-order valence-corrected chi connectivity index (χ1v) is 8.54. The Morgan fingerprint density at radius 1 is 0.931 bits per heavy atom. The molecule has 0 aliphatic carbocycles. The van der Waals surface area contributed by atoms with Gasteiger partial charge in [-0.1, -0.05) is 18.5 Å². The Morgan fingerprint density at radius 2 is 1.66 bits per heavy atom. The number of aryl methyl sites for hydroxylation is 1. The fourth-order valence-corrected chi connectivity index (χ4v) is 4.01. The molecule has 0 saturated heterocycles. The zero-order valence-corrected chi connectivity index (χ0v) is 14.6. The molecule has 0 aromatic carbocycles. The molecule has 12 heteroatoms. The third-order valence-electron chi connectivity index (χ3n) is 5.02. The zero-order chi connectivity index (χ0) is 20.1. The first kappa shape index (κ1) is 16.3. The van der Waals surface area contributed by atoms with Gasteiger partial charge in [0.1, 0.15) is 11.6 Å². The zero-order valence-electron chi connectivity index (χ0n) is 14.6. The maximum absolute atomic E-state index is 14.0. The summed E-state index contributed by atoms with van der Waals surface area (Å²) in [5, 5.41) is 8.21. The monoisotopic (exact) mass is 402 g/mol. The molecule has 1 spiro atoms. The predicted octanol–water partition coefficient (Wildman–Crippen LogP) is 1.08. The van der Waals surface area contributed by atoms with E-state index >= 15 is 0 Å². The highest BCUT2D eigenvalue weighted by atomic mass is 19.4. The average Bonchev–Trinajstić information content (AvgIpc) is 3.37. The molecule has 8 nitrogen and oxygen atoms in total. The van der Waals surface area contributed by atoms with Crippen molar-refractivity contribution in [3.05, 3.63) is 60.2 Å².